The molecule has 0 atom stereocenters. The molecule has 5 nitrogen and oxygen atoms in total. The molecule has 0 spiro atoms. The molecule has 0 N–H and O–H groups in total. The van der Waals surface area contributed by atoms with Gasteiger partial charge in [-0.1, -0.05) is 80.4 Å². The van der Waals surface area contributed by atoms with E-state index in [1.807, 2.05) is 55.5 Å². The van der Waals surface area contributed by atoms with Crippen molar-refractivity contribution in [2.24, 2.45) is 0 Å². The van der Waals surface area contributed by atoms with Crippen LogP contribution in [0.15, 0.2) is 84.9 Å². The van der Waals surface area contributed by atoms with Crippen molar-refractivity contribution in [2.45, 2.75) is 26.7 Å². The molecule has 0 aliphatic carbocycles. The number of nitrogens with zero attached hydrogens (tertiary/aromatic N) is 2. The van der Waals surface area contributed by atoms with Gasteiger partial charge < -0.3 is 4.74 Å². The maximum absolute atomic E-state index is 13.8. The number of aromatic nitrogens is 2. The van der Waals surface area contributed by atoms with E-state index in [9.17, 15) is 9.59 Å². The average Bonchev–Trinajstić information content (AvgIpc) is 2.99. The first-order valence-electron chi connectivity index (χ1n) is 13.1. The van der Waals surface area contributed by atoms with E-state index in [0.717, 1.165) is 33.9 Å². The first kappa shape index (κ1) is 26.5. The predicted octanol–water partition coefficient (Wildman–Crippen LogP) is 7.45. The molecule has 40 heavy (non-hydrogen) atoms. The van der Waals surface area contributed by atoms with Gasteiger partial charge in [0.15, 0.2) is 6.29 Å². The summed E-state index contributed by atoms with van der Waals surface area (Å²) in [7, 11) is 0. The lowest BCUT2D eigenvalue weighted by molar-refractivity contribution is 0.102. The molecule has 0 unspecified atom stereocenters. The second-order valence-electron chi connectivity index (χ2n) is 9.91. The van der Waals surface area contributed by atoms with Crippen molar-refractivity contribution in [2.75, 3.05) is 6.61 Å². The fourth-order valence-corrected chi connectivity index (χ4v) is 4.70. The van der Waals surface area contributed by atoms with Crippen LogP contribution in [-0.2, 0) is 0 Å². The Morgan fingerprint density at radius 2 is 1.73 bits per heavy atom. The molecular weight excluding hydrogens is 496 g/mol. The molecule has 0 amide bonds. The van der Waals surface area contributed by atoms with Gasteiger partial charge in [-0.25, -0.2) is 9.97 Å². The molecule has 1 aromatic heterocycles. The molecule has 0 aliphatic heterocycles. The van der Waals surface area contributed by atoms with Crippen LogP contribution in [-0.4, -0.2) is 28.6 Å². The van der Waals surface area contributed by atoms with Crippen LogP contribution in [0.1, 0.15) is 57.4 Å². The second kappa shape index (κ2) is 11.3. The van der Waals surface area contributed by atoms with E-state index in [-0.39, 0.29) is 18.2 Å². The van der Waals surface area contributed by atoms with Gasteiger partial charge in [-0.05, 0) is 59.4 Å². The van der Waals surface area contributed by atoms with E-state index in [4.69, 9.17) is 16.1 Å². The zero-order chi connectivity index (χ0) is 28.2. The van der Waals surface area contributed by atoms with Crippen LogP contribution in [0.2, 0.25) is 0 Å². The Bertz CT molecular complexity index is 1780. The summed E-state index contributed by atoms with van der Waals surface area (Å²) in [6, 6.07) is 26.4. The summed E-state index contributed by atoms with van der Waals surface area (Å²) in [4.78, 5) is 35.0. The Morgan fingerprint density at radius 1 is 0.950 bits per heavy atom. The zero-order valence-electron chi connectivity index (χ0n) is 22.6. The minimum absolute atomic E-state index is 0.0891. The third-order valence-corrected chi connectivity index (χ3v) is 6.92. The highest BCUT2D eigenvalue weighted by Gasteiger charge is 2.19. The van der Waals surface area contributed by atoms with Crippen molar-refractivity contribution in [3.63, 3.8) is 0 Å². The lowest BCUT2D eigenvalue weighted by atomic mass is 9.93. The molecular formula is C35H28N2O3. The second-order valence-corrected chi connectivity index (χ2v) is 9.91. The monoisotopic (exact) mass is 524 g/mol. The van der Waals surface area contributed by atoms with Gasteiger partial charge in [0.25, 0.3) is 0 Å². The highest BCUT2D eigenvalue weighted by Crippen LogP contribution is 2.32. The van der Waals surface area contributed by atoms with Crippen molar-refractivity contribution < 1.29 is 14.3 Å². The molecule has 5 heteroatoms. The molecule has 1 heterocycles. The Balaban J connectivity index is 1.64. The van der Waals surface area contributed by atoms with Gasteiger partial charge >= 0.3 is 0 Å². The molecule has 0 radical (unpaired) electrons. The molecule has 0 saturated carbocycles. The van der Waals surface area contributed by atoms with Gasteiger partial charge in [0, 0.05) is 22.1 Å². The van der Waals surface area contributed by atoms with E-state index in [2.05, 4.69) is 36.9 Å². The maximum Gasteiger partial charge on any atom is 0.230 e. The minimum Gasteiger partial charge on any atom is -0.481 e. The molecule has 5 aromatic rings. The number of rotatable bonds is 8. The first-order valence-corrected chi connectivity index (χ1v) is 13.1. The van der Waals surface area contributed by atoms with Crippen molar-refractivity contribution in [1.82, 2.24) is 9.97 Å². The van der Waals surface area contributed by atoms with Crippen LogP contribution >= 0.6 is 0 Å². The summed E-state index contributed by atoms with van der Waals surface area (Å²) in [5.74, 6) is 3.25. The first-order chi connectivity index (χ1) is 19.4. The van der Waals surface area contributed by atoms with Crippen molar-refractivity contribution >= 4 is 23.0 Å². The number of carbonyl (C=O) groups is 2. The van der Waals surface area contributed by atoms with Crippen LogP contribution in [0.25, 0.3) is 33.3 Å². The fourth-order valence-electron chi connectivity index (χ4n) is 4.70. The topological polar surface area (TPSA) is 69.2 Å². The van der Waals surface area contributed by atoms with Gasteiger partial charge in [-0.2, -0.15) is 0 Å². The SMILES string of the molecule is C#CCOc1ccc2nc(C(=O)c3ccc(C)c(-c4ccccc4C=O)c3)nc(-c3ccc(C(C)C)cc3)c2c1. The van der Waals surface area contributed by atoms with E-state index in [0.29, 0.717) is 34.0 Å². The summed E-state index contributed by atoms with van der Waals surface area (Å²) in [6.45, 7) is 6.38. The molecule has 0 aliphatic rings. The lowest BCUT2D eigenvalue weighted by Gasteiger charge is -2.13. The third kappa shape index (κ3) is 5.25. The molecule has 0 bridgehead atoms. The highest BCUT2D eigenvalue weighted by atomic mass is 16.5. The quantitative estimate of drug-likeness (QED) is 0.120. The number of carbonyl (C=O) groups excluding carboxylic acids is 2. The molecule has 4 aromatic carbocycles. The predicted molar refractivity (Wildman–Crippen MR) is 159 cm³/mol. The summed E-state index contributed by atoms with van der Waals surface area (Å²) in [5.41, 5.74) is 6.87. The zero-order valence-corrected chi connectivity index (χ0v) is 22.6. The number of aryl methyl sites for hydroxylation is 1. The van der Waals surface area contributed by atoms with Crippen molar-refractivity contribution in [3.05, 3.63) is 113 Å². The number of fused-ring (bicyclic) bond motifs is 1. The summed E-state index contributed by atoms with van der Waals surface area (Å²) >= 11 is 0. The van der Waals surface area contributed by atoms with E-state index >= 15 is 0 Å². The Hall–Kier alpha value is -5.08. The molecule has 196 valence electrons. The number of hydrogen-bond acceptors (Lipinski definition) is 5. The molecule has 5 rings (SSSR count). The van der Waals surface area contributed by atoms with Crippen molar-refractivity contribution in [1.29, 1.82) is 0 Å². The van der Waals surface area contributed by atoms with Crippen LogP contribution in [0.3, 0.4) is 0 Å². The summed E-state index contributed by atoms with van der Waals surface area (Å²) < 4.78 is 5.65. The molecule has 0 saturated heterocycles. The number of ketones is 1. The third-order valence-electron chi connectivity index (χ3n) is 6.92. The molecule has 0 fully saturated rings. The largest absolute Gasteiger partial charge is 0.481 e. The Morgan fingerprint density at radius 3 is 2.45 bits per heavy atom. The summed E-state index contributed by atoms with van der Waals surface area (Å²) in [6.07, 6.45) is 6.20. The average molecular weight is 525 g/mol. The number of ether oxygens (including phenoxy) is 1. The Kier molecular flexibility index (Phi) is 7.52. The number of aldehydes is 1. The number of benzene rings is 4. The number of terminal acetylenes is 1. The van der Waals surface area contributed by atoms with Gasteiger partial charge in [0.2, 0.25) is 11.6 Å². The van der Waals surface area contributed by atoms with Crippen LogP contribution in [0.5, 0.6) is 5.75 Å². The lowest BCUT2D eigenvalue weighted by Crippen LogP contribution is -2.09. The normalized spacial score (nSPS) is 10.9. The highest BCUT2D eigenvalue weighted by molar-refractivity contribution is 6.09. The van der Waals surface area contributed by atoms with Crippen LogP contribution in [0, 0.1) is 19.3 Å². The smallest absolute Gasteiger partial charge is 0.230 e. The number of hydrogen-bond donors (Lipinski definition) is 0. The standard InChI is InChI=1S/C35H28N2O3/c1-5-18-40-28-16-17-32-31(20-28)33(25-14-12-24(13-15-25)22(2)3)37-35(36-32)34(39)26-11-10-23(4)30(19-26)29-9-7-6-8-27(29)21-38/h1,6-17,19-22H,18H2,2-4H3. The van der Waals surface area contributed by atoms with Gasteiger partial charge in [-0.15, -0.1) is 6.42 Å². The van der Waals surface area contributed by atoms with Gasteiger partial charge in [0.05, 0.1) is 11.2 Å². The van der Waals surface area contributed by atoms with E-state index in [1.165, 1.54) is 5.56 Å². The fraction of sp³-hybridized carbons (Fsp3) is 0.143. The Labute approximate surface area is 233 Å². The summed E-state index contributed by atoms with van der Waals surface area (Å²) in [5, 5.41) is 0.757. The van der Waals surface area contributed by atoms with Crippen LogP contribution in [0.4, 0.5) is 0 Å². The minimum atomic E-state index is -0.306. The van der Waals surface area contributed by atoms with Gasteiger partial charge in [-0.3, -0.25) is 9.59 Å². The maximum atomic E-state index is 13.8. The van der Waals surface area contributed by atoms with Crippen LogP contribution < -0.4 is 4.74 Å². The van der Waals surface area contributed by atoms with E-state index in [1.54, 1.807) is 24.3 Å². The van der Waals surface area contributed by atoms with E-state index < -0.39 is 0 Å². The van der Waals surface area contributed by atoms with Gasteiger partial charge in [0.1, 0.15) is 12.4 Å². The van der Waals surface area contributed by atoms with Crippen molar-refractivity contribution in [3.8, 4) is 40.5 Å².